The van der Waals surface area contributed by atoms with Crippen LogP contribution in [0.4, 0.5) is 5.13 Å². The van der Waals surface area contributed by atoms with E-state index >= 15 is 0 Å². The van der Waals surface area contributed by atoms with Gasteiger partial charge in [0.1, 0.15) is 0 Å². The number of anilines is 1. The van der Waals surface area contributed by atoms with Crippen LogP contribution in [0.1, 0.15) is 30.8 Å². The van der Waals surface area contributed by atoms with Gasteiger partial charge in [-0.3, -0.25) is 0 Å². The smallest absolute Gasteiger partial charge is 0.185 e. The summed E-state index contributed by atoms with van der Waals surface area (Å²) in [5.41, 5.74) is 1.04. The molecule has 0 fully saturated rings. The number of thioether (sulfide) groups is 1. The lowest BCUT2D eigenvalue weighted by Crippen LogP contribution is -2.33. The van der Waals surface area contributed by atoms with E-state index in [0.29, 0.717) is 6.04 Å². The van der Waals surface area contributed by atoms with Crippen molar-refractivity contribution in [3.63, 3.8) is 0 Å². The molecule has 0 aliphatic heterocycles. The summed E-state index contributed by atoms with van der Waals surface area (Å²) in [6.45, 7) is 4.39. The number of nitrogens with zero attached hydrogens (tertiary/aromatic N) is 2. The molecule has 17 heavy (non-hydrogen) atoms. The van der Waals surface area contributed by atoms with Gasteiger partial charge in [0.15, 0.2) is 5.13 Å². The second kappa shape index (κ2) is 7.24. The summed E-state index contributed by atoms with van der Waals surface area (Å²) >= 11 is 3.48. The number of rotatable bonds is 7. The van der Waals surface area contributed by atoms with E-state index in [2.05, 4.69) is 37.0 Å². The SMILES string of the molecule is CCc1nc(N(C)C(CC)CSC)sc1CO. The monoisotopic (exact) mass is 274 g/mol. The van der Waals surface area contributed by atoms with Crippen molar-refractivity contribution in [3.8, 4) is 0 Å². The van der Waals surface area contributed by atoms with Gasteiger partial charge in [-0.1, -0.05) is 25.2 Å². The maximum Gasteiger partial charge on any atom is 0.185 e. The Morgan fingerprint density at radius 2 is 2.18 bits per heavy atom. The topological polar surface area (TPSA) is 36.4 Å². The zero-order valence-electron chi connectivity index (χ0n) is 11.1. The second-order valence-corrected chi connectivity index (χ2v) is 5.98. The van der Waals surface area contributed by atoms with E-state index in [1.54, 1.807) is 11.3 Å². The molecule has 0 saturated carbocycles. The molecule has 1 aromatic heterocycles. The van der Waals surface area contributed by atoms with Crippen LogP contribution in [0.5, 0.6) is 0 Å². The lowest BCUT2D eigenvalue weighted by Gasteiger charge is -2.26. The Morgan fingerprint density at radius 1 is 1.47 bits per heavy atom. The predicted octanol–water partition coefficient (Wildman–Crippen LogP) is 2.78. The van der Waals surface area contributed by atoms with Crippen LogP contribution >= 0.6 is 23.1 Å². The molecule has 0 aliphatic rings. The molecule has 1 unspecified atom stereocenters. The second-order valence-electron chi connectivity index (χ2n) is 4.01. The molecule has 1 atom stereocenters. The highest BCUT2D eigenvalue weighted by molar-refractivity contribution is 7.98. The first-order chi connectivity index (χ1) is 8.17. The van der Waals surface area contributed by atoms with E-state index in [-0.39, 0.29) is 6.61 Å². The molecule has 1 N–H and O–H groups in total. The lowest BCUT2D eigenvalue weighted by molar-refractivity contribution is 0.284. The highest BCUT2D eigenvalue weighted by Crippen LogP contribution is 2.28. The first-order valence-electron chi connectivity index (χ1n) is 5.99. The zero-order chi connectivity index (χ0) is 12.8. The molecule has 98 valence electrons. The van der Waals surface area contributed by atoms with Crippen molar-refractivity contribution >= 4 is 28.2 Å². The number of aliphatic hydroxyl groups is 1. The molecule has 1 aromatic rings. The minimum atomic E-state index is 0.105. The van der Waals surface area contributed by atoms with Crippen LogP contribution in [0.15, 0.2) is 0 Å². The first-order valence-corrected chi connectivity index (χ1v) is 8.20. The number of aliphatic hydroxyl groups excluding tert-OH is 1. The highest BCUT2D eigenvalue weighted by atomic mass is 32.2. The molecule has 5 heteroatoms. The molecule has 0 aliphatic carbocycles. The molecule has 0 saturated heterocycles. The summed E-state index contributed by atoms with van der Waals surface area (Å²) in [7, 11) is 2.10. The zero-order valence-corrected chi connectivity index (χ0v) is 12.7. The summed E-state index contributed by atoms with van der Waals surface area (Å²) in [6.07, 6.45) is 4.14. The summed E-state index contributed by atoms with van der Waals surface area (Å²) in [5, 5.41) is 10.3. The quantitative estimate of drug-likeness (QED) is 0.829. The average molecular weight is 274 g/mol. The van der Waals surface area contributed by atoms with Crippen LogP contribution in [-0.2, 0) is 13.0 Å². The van der Waals surface area contributed by atoms with Crippen LogP contribution in [0.3, 0.4) is 0 Å². The standard InChI is InChI=1S/C12H22N2OS2/c1-5-9(8-16-4)14(3)12-13-10(6-2)11(7-15)17-12/h9,15H,5-8H2,1-4H3. The van der Waals surface area contributed by atoms with Crippen LogP contribution in [0, 0.1) is 0 Å². The third-order valence-electron chi connectivity index (χ3n) is 2.93. The summed E-state index contributed by atoms with van der Waals surface area (Å²) in [5.74, 6) is 1.11. The number of aryl methyl sites for hydroxylation is 1. The van der Waals surface area contributed by atoms with Gasteiger partial charge in [-0.15, -0.1) is 0 Å². The minimum Gasteiger partial charge on any atom is -0.391 e. The Bertz CT molecular complexity index is 320. The minimum absolute atomic E-state index is 0.105. The molecular weight excluding hydrogens is 252 g/mol. The molecule has 1 rings (SSSR count). The average Bonchev–Trinajstić information content (AvgIpc) is 2.78. The van der Waals surface area contributed by atoms with Crippen molar-refractivity contribution in [2.75, 3.05) is 24.0 Å². The molecular formula is C12H22N2OS2. The normalized spacial score (nSPS) is 12.8. The fraction of sp³-hybridized carbons (Fsp3) is 0.750. The summed E-state index contributed by atoms with van der Waals surface area (Å²) in [4.78, 5) is 7.88. The molecule has 3 nitrogen and oxygen atoms in total. The van der Waals surface area contributed by atoms with Gasteiger partial charge in [-0.25, -0.2) is 4.98 Å². The van der Waals surface area contributed by atoms with E-state index in [1.165, 1.54) is 0 Å². The number of hydrogen-bond donors (Lipinski definition) is 1. The molecule has 0 bridgehead atoms. The van der Waals surface area contributed by atoms with E-state index in [1.807, 2.05) is 11.8 Å². The molecule has 0 radical (unpaired) electrons. The van der Waals surface area contributed by atoms with E-state index in [9.17, 15) is 5.11 Å². The Balaban J connectivity index is 2.86. The van der Waals surface area contributed by atoms with Crippen LogP contribution in [0.25, 0.3) is 0 Å². The Morgan fingerprint density at radius 3 is 2.59 bits per heavy atom. The van der Waals surface area contributed by atoms with Gasteiger partial charge in [0.25, 0.3) is 0 Å². The maximum absolute atomic E-state index is 9.29. The maximum atomic E-state index is 9.29. The lowest BCUT2D eigenvalue weighted by atomic mass is 10.2. The number of aromatic nitrogens is 1. The van der Waals surface area contributed by atoms with Crippen molar-refractivity contribution in [2.45, 2.75) is 39.3 Å². The fourth-order valence-electron chi connectivity index (χ4n) is 1.77. The van der Waals surface area contributed by atoms with Crippen LogP contribution < -0.4 is 4.90 Å². The number of hydrogen-bond acceptors (Lipinski definition) is 5. The Kier molecular flexibility index (Phi) is 6.30. The van der Waals surface area contributed by atoms with E-state index in [0.717, 1.165) is 34.3 Å². The number of thiazole rings is 1. The summed E-state index contributed by atoms with van der Waals surface area (Å²) < 4.78 is 0. The summed E-state index contributed by atoms with van der Waals surface area (Å²) in [6, 6.07) is 0.521. The largest absolute Gasteiger partial charge is 0.391 e. The Hall–Kier alpha value is -0.260. The van der Waals surface area contributed by atoms with Crippen LogP contribution in [-0.4, -0.2) is 35.2 Å². The van der Waals surface area contributed by atoms with Gasteiger partial charge in [0, 0.05) is 18.8 Å². The Labute approximate surface area is 112 Å². The van der Waals surface area contributed by atoms with Crippen molar-refractivity contribution in [1.82, 2.24) is 4.98 Å². The van der Waals surface area contributed by atoms with Crippen LogP contribution in [0.2, 0.25) is 0 Å². The van der Waals surface area contributed by atoms with Gasteiger partial charge in [-0.2, -0.15) is 11.8 Å². The van der Waals surface area contributed by atoms with Gasteiger partial charge in [0.05, 0.1) is 17.2 Å². The first kappa shape index (κ1) is 14.8. The van der Waals surface area contributed by atoms with Gasteiger partial charge in [0.2, 0.25) is 0 Å². The van der Waals surface area contributed by atoms with E-state index in [4.69, 9.17) is 0 Å². The van der Waals surface area contributed by atoms with Gasteiger partial charge in [-0.05, 0) is 19.1 Å². The molecule has 0 amide bonds. The van der Waals surface area contributed by atoms with Crippen molar-refractivity contribution in [3.05, 3.63) is 10.6 Å². The molecule has 0 spiro atoms. The van der Waals surface area contributed by atoms with E-state index < -0.39 is 0 Å². The fourth-order valence-corrected chi connectivity index (χ4v) is 3.66. The molecule has 0 aromatic carbocycles. The molecule has 1 heterocycles. The third-order valence-corrected chi connectivity index (χ3v) is 4.82. The predicted molar refractivity (Wildman–Crippen MR) is 78.3 cm³/mol. The third kappa shape index (κ3) is 3.60. The van der Waals surface area contributed by atoms with Gasteiger partial charge >= 0.3 is 0 Å². The van der Waals surface area contributed by atoms with Gasteiger partial charge < -0.3 is 10.0 Å². The van der Waals surface area contributed by atoms with Crippen molar-refractivity contribution in [1.29, 1.82) is 0 Å². The highest BCUT2D eigenvalue weighted by Gasteiger charge is 2.18. The van der Waals surface area contributed by atoms with Crippen molar-refractivity contribution < 1.29 is 5.11 Å². The van der Waals surface area contributed by atoms with Crippen molar-refractivity contribution in [2.24, 2.45) is 0 Å².